The van der Waals surface area contributed by atoms with Gasteiger partial charge in [-0.1, -0.05) is 6.07 Å². The van der Waals surface area contributed by atoms with E-state index < -0.39 is 16.1 Å². The summed E-state index contributed by atoms with van der Waals surface area (Å²) in [4.78, 5) is 14.2. The molecule has 1 amide bonds. The lowest BCUT2D eigenvalue weighted by Gasteiger charge is -2.26. The molecule has 1 aliphatic heterocycles. The van der Waals surface area contributed by atoms with Crippen LogP contribution in [0.2, 0.25) is 0 Å². The molecule has 0 aliphatic carbocycles. The zero-order valence-corrected chi connectivity index (χ0v) is 14.3. The minimum absolute atomic E-state index is 0.177. The summed E-state index contributed by atoms with van der Waals surface area (Å²) < 4.78 is 32.0. The second-order valence-electron chi connectivity index (χ2n) is 5.53. The summed E-state index contributed by atoms with van der Waals surface area (Å²) in [5.41, 5.74) is 0.881. The van der Waals surface area contributed by atoms with Gasteiger partial charge in [0.2, 0.25) is 5.91 Å². The number of sulfonamides is 1. The van der Waals surface area contributed by atoms with E-state index in [4.69, 9.17) is 4.42 Å². The number of carbonyl (C=O) groups excluding carboxylic acids is 1. The Hall–Kier alpha value is -1.64. The Morgan fingerprint density at radius 1 is 1.48 bits per heavy atom. The maximum atomic E-state index is 12.7. The van der Waals surface area contributed by atoms with E-state index in [1.807, 2.05) is 0 Å². The van der Waals surface area contributed by atoms with Crippen molar-refractivity contribution in [3.05, 3.63) is 41.7 Å². The standard InChI is InChI=1S/C15H18N2O4S2/c1-16(10-12-6-8-21-11-12)15(18)13-4-2-7-17(13)23(19,20)14-5-3-9-22-14/h3,5-6,8-9,11,13H,2,4,7,10H2,1H3. The van der Waals surface area contributed by atoms with Crippen molar-refractivity contribution >= 4 is 27.3 Å². The first-order valence-corrected chi connectivity index (χ1v) is 9.63. The predicted octanol–water partition coefficient (Wildman–Crippen LogP) is 2.15. The number of rotatable bonds is 5. The minimum Gasteiger partial charge on any atom is -0.472 e. The Morgan fingerprint density at radius 2 is 2.30 bits per heavy atom. The Balaban J connectivity index is 1.77. The van der Waals surface area contributed by atoms with Crippen molar-refractivity contribution in [2.24, 2.45) is 0 Å². The molecule has 1 aliphatic rings. The van der Waals surface area contributed by atoms with E-state index in [0.29, 0.717) is 25.9 Å². The molecule has 3 heterocycles. The molecule has 1 saturated heterocycles. The maximum Gasteiger partial charge on any atom is 0.253 e. The predicted molar refractivity (Wildman–Crippen MR) is 86.4 cm³/mol. The first kappa shape index (κ1) is 16.2. The summed E-state index contributed by atoms with van der Waals surface area (Å²) >= 11 is 1.18. The molecule has 124 valence electrons. The van der Waals surface area contributed by atoms with Crippen LogP contribution in [0.1, 0.15) is 18.4 Å². The Kier molecular flexibility index (Phi) is 4.56. The molecule has 0 N–H and O–H groups in total. The van der Waals surface area contributed by atoms with Crippen LogP contribution in [0, 0.1) is 0 Å². The maximum absolute atomic E-state index is 12.7. The number of furan rings is 1. The lowest BCUT2D eigenvalue weighted by molar-refractivity contribution is -0.133. The summed E-state index contributed by atoms with van der Waals surface area (Å²) in [7, 11) is -1.92. The van der Waals surface area contributed by atoms with Gasteiger partial charge in [-0.2, -0.15) is 4.31 Å². The molecule has 8 heteroatoms. The topological polar surface area (TPSA) is 70.8 Å². The van der Waals surface area contributed by atoms with Gasteiger partial charge in [0.25, 0.3) is 10.0 Å². The monoisotopic (exact) mass is 354 g/mol. The molecule has 1 unspecified atom stereocenters. The summed E-state index contributed by atoms with van der Waals surface area (Å²) in [6, 6.07) is 4.45. The van der Waals surface area contributed by atoms with E-state index in [2.05, 4.69) is 0 Å². The normalized spacial score (nSPS) is 19.1. The summed E-state index contributed by atoms with van der Waals surface area (Å²) in [5.74, 6) is -0.177. The molecule has 0 aromatic carbocycles. The van der Waals surface area contributed by atoms with Crippen LogP contribution < -0.4 is 0 Å². The van der Waals surface area contributed by atoms with Gasteiger partial charge in [0.05, 0.1) is 12.5 Å². The Labute approximate surface area is 139 Å². The van der Waals surface area contributed by atoms with Gasteiger partial charge in [-0.25, -0.2) is 8.42 Å². The van der Waals surface area contributed by atoms with Crippen molar-refractivity contribution in [2.75, 3.05) is 13.6 Å². The molecule has 1 fully saturated rings. The lowest BCUT2D eigenvalue weighted by Crippen LogP contribution is -2.46. The van der Waals surface area contributed by atoms with Crippen LogP contribution in [-0.4, -0.2) is 43.2 Å². The van der Waals surface area contributed by atoms with E-state index in [-0.39, 0.29) is 10.1 Å². The summed E-state index contributed by atoms with van der Waals surface area (Å²) in [5, 5.41) is 1.73. The van der Waals surface area contributed by atoms with E-state index in [1.165, 1.54) is 15.6 Å². The molecule has 23 heavy (non-hydrogen) atoms. The second kappa shape index (κ2) is 6.46. The fraction of sp³-hybridized carbons (Fsp3) is 0.400. The van der Waals surface area contributed by atoms with Crippen LogP contribution in [0.5, 0.6) is 0 Å². The zero-order chi connectivity index (χ0) is 16.4. The Morgan fingerprint density at radius 3 is 2.96 bits per heavy atom. The molecule has 0 bridgehead atoms. The third-order valence-electron chi connectivity index (χ3n) is 3.92. The molecule has 2 aromatic rings. The van der Waals surface area contributed by atoms with Gasteiger partial charge in [-0.05, 0) is 30.4 Å². The summed E-state index contributed by atoms with van der Waals surface area (Å²) in [6.07, 6.45) is 4.38. The van der Waals surface area contributed by atoms with Gasteiger partial charge in [-0.3, -0.25) is 4.79 Å². The third kappa shape index (κ3) is 3.19. The summed E-state index contributed by atoms with van der Waals surface area (Å²) in [6.45, 7) is 0.787. The smallest absolute Gasteiger partial charge is 0.253 e. The van der Waals surface area contributed by atoms with Crippen molar-refractivity contribution < 1.29 is 17.6 Å². The number of thiophene rings is 1. The first-order chi connectivity index (χ1) is 11.0. The highest BCUT2D eigenvalue weighted by Crippen LogP contribution is 2.29. The van der Waals surface area contributed by atoms with Crippen LogP contribution in [0.15, 0.2) is 44.7 Å². The van der Waals surface area contributed by atoms with Gasteiger partial charge in [0.1, 0.15) is 10.3 Å². The molecule has 2 aromatic heterocycles. The average molecular weight is 354 g/mol. The van der Waals surface area contributed by atoms with E-state index in [9.17, 15) is 13.2 Å². The molecule has 1 atom stereocenters. The van der Waals surface area contributed by atoms with Crippen LogP contribution in [-0.2, 0) is 21.4 Å². The Bertz CT molecular complexity index is 754. The molecule has 0 spiro atoms. The van der Waals surface area contributed by atoms with Crippen molar-refractivity contribution in [3.63, 3.8) is 0 Å². The van der Waals surface area contributed by atoms with Gasteiger partial charge in [0.15, 0.2) is 0 Å². The molecule has 0 saturated carbocycles. The highest BCUT2D eigenvalue weighted by Gasteiger charge is 2.40. The molecular formula is C15H18N2O4S2. The number of amides is 1. The molecular weight excluding hydrogens is 336 g/mol. The van der Waals surface area contributed by atoms with Crippen LogP contribution in [0.4, 0.5) is 0 Å². The molecule has 6 nitrogen and oxygen atoms in total. The third-order valence-corrected chi connectivity index (χ3v) is 7.20. The van der Waals surface area contributed by atoms with Gasteiger partial charge in [0, 0.05) is 25.7 Å². The van der Waals surface area contributed by atoms with Gasteiger partial charge >= 0.3 is 0 Å². The van der Waals surface area contributed by atoms with E-state index in [0.717, 1.165) is 5.56 Å². The largest absolute Gasteiger partial charge is 0.472 e. The van der Waals surface area contributed by atoms with Crippen LogP contribution in [0.25, 0.3) is 0 Å². The van der Waals surface area contributed by atoms with Crippen molar-refractivity contribution in [1.29, 1.82) is 0 Å². The minimum atomic E-state index is -3.60. The number of likely N-dealkylation sites (N-methyl/N-ethyl adjacent to an activating group) is 1. The average Bonchev–Trinajstić information content (AvgIpc) is 3.26. The highest BCUT2D eigenvalue weighted by atomic mass is 32.2. The van der Waals surface area contributed by atoms with Crippen LogP contribution in [0.3, 0.4) is 0 Å². The van der Waals surface area contributed by atoms with Crippen molar-refractivity contribution in [3.8, 4) is 0 Å². The van der Waals surface area contributed by atoms with Crippen molar-refractivity contribution in [1.82, 2.24) is 9.21 Å². The second-order valence-corrected chi connectivity index (χ2v) is 8.60. The zero-order valence-electron chi connectivity index (χ0n) is 12.7. The fourth-order valence-electron chi connectivity index (χ4n) is 2.79. The quantitative estimate of drug-likeness (QED) is 0.825. The van der Waals surface area contributed by atoms with Gasteiger partial charge in [-0.15, -0.1) is 11.3 Å². The van der Waals surface area contributed by atoms with Crippen LogP contribution >= 0.6 is 11.3 Å². The number of carbonyl (C=O) groups is 1. The molecule has 3 rings (SSSR count). The molecule has 0 radical (unpaired) electrons. The van der Waals surface area contributed by atoms with Crippen molar-refractivity contribution in [2.45, 2.75) is 29.6 Å². The lowest BCUT2D eigenvalue weighted by atomic mass is 10.2. The highest BCUT2D eigenvalue weighted by molar-refractivity contribution is 7.91. The van der Waals surface area contributed by atoms with E-state index >= 15 is 0 Å². The SMILES string of the molecule is CN(Cc1ccoc1)C(=O)C1CCCN1S(=O)(=O)c1cccs1. The number of hydrogen-bond acceptors (Lipinski definition) is 5. The number of hydrogen-bond donors (Lipinski definition) is 0. The van der Waals surface area contributed by atoms with E-state index in [1.54, 1.807) is 48.1 Å². The van der Waals surface area contributed by atoms with Gasteiger partial charge < -0.3 is 9.32 Å². The number of nitrogens with zero attached hydrogens (tertiary/aromatic N) is 2. The first-order valence-electron chi connectivity index (χ1n) is 7.31. The fourth-order valence-corrected chi connectivity index (χ4v) is 5.56.